The van der Waals surface area contributed by atoms with Crippen LogP contribution in [0.25, 0.3) is 0 Å². The maximum atomic E-state index is 11.9. The summed E-state index contributed by atoms with van der Waals surface area (Å²) in [6.45, 7) is 1.86. The van der Waals surface area contributed by atoms with Gasteiger partial charge in [0.25, 0.3) is 0 Å². The SMILES string of the molecule is CCC(C(N)=S)S(=O)(=O)NCc1nccn1C. The predicted molar refractivity (Wildman–Crippen MR) is 69.8 cm³/mol. The molecule has 17 heavy (non-hydrogen) atoms. The van der Waals surface area contributed by atoms with Gasteiger partial charge in [-0.2, -0.15) is 0 Å². The summed E-state index contributed by atoms with van der Waals surface area (Å²) in [7, 11) is -1.74. The molecular formula is C9H16N4O2S2. The van der Waals surface area contributed by atoms with Crippen LogP contribution >= 0.6 is 12.2 Å². The van der Waals surface area contributed by atoms with Crippen molar-refractivity contribution in [3.8, 4) is 0 Å². The number of aryl methyl sites for hydroxylation is 1. The number of thiocarbonyl (C=S) groups is 1. The summed E-state index contributed by atoms with van der Waals surface area (Å²) in [4.78, 5) is 4.01. The molecule has 6 nitrogen and oxygen atoms in total. The predicted octanol–water partition coefficient (Wildman–Crippen LogP) is -0.0958. The molecule has 0 spiro atoms. The summed E-state index contributed by atoms with van der Waals surface area (Å²) in [6, 6.07) is 0. The molecule has 0 radical (unpaired) electrons. The number of rotatable bonds is 6. The molecule has 1 heterocycles. The van der Waals surface area contributed by atoms with Gasteiger partial charge >= 0.3 is 0 Å². The Bertz CT molecular complexity index is 495. The van der Waals surface area contributed by atoms with Gasteiger partial charge in [0.1, 0.15) is 11.1 Å². The molecule has 1 atom stereocenters. The first-order valence-electron chi connectivity index (χ1n) is 5.12. The average Bonchev–Trinajstić information content (AvgIpc) is 2.61. The lowest BCUT2D eigenvalue weighted by Gasteiger charge is -2.14. The second-order valence-corrected chi connectivity index (χ2v) is 6.04. The number of nitrogens with zero attached hydrogens (tertiary/aromatic N) is 2. The molecule has 0 saturated heterocycles. The Labute approximate surface area is 106 Å². The Balaban J connectivity index is 2.74. The van der Waals surface area contributed by atoms with Crippen molar-refractivity contribution in [2.75, 3.05) is 0 Å². The summed E-state index contributed by atoms with van der Waals surface area (Å²) in [5.74, 6) is 0.631. The van der Waals surface area contributed by atoms with Gasteiger partial charge in [0.2, 0.25) is 10.0 Å². The van der Waals surface area contributed by atoms with Crippen LogP contribution in [0.15, 0.2) is 12.4 Å². The Morgan fingerprint density at radius 3 is 2.76 bits per heavy atom. The summed E-state index contributed by atoms with van der Waals surface area (Å²) >= 11 is 4.74. The van der Waals surface area contributed by atoms with Gasteiger partial charge in [-0.3, -0.25) is 0 Å². The molecule has 1 unspecified atom stereocenters. The van der Waals surface area contributed by atoms with Crippen molar-refractivity contribution < 1.29 is 8.42 Å². The van der Waals surface area contributed by atoms with E-state index in [0.717, 1.165) is 0 Å². The summed E-state index contributed by atoms with van der Waals surface area (Å²) < 4.78 is 28.0. The van der Waals surface area contributed by atoms with Crippen molar-refractivity contribution in [3.63, 3.8) is 0 Å². The fourth-order valence-electron chi connectivity index (χ4n) is 1.41. The van der Waals surface area contributed by atoms with E-state index >= 15 is 0 Å². The highest BCUT2D eigenvalue weighted by Gasteiger charge is 2.26. The maximum absolute atomic E-state index is 11.9. The molecule has 0 saturated carbocycles. The molecule has 0 aliphatic carbocycles. The fraction of sp³-hybridized carbons (Fsp3) is 0.556. The number of nitrogens with one attached hydrogen (secondary N) is 1. The molecule has 1 aromatic rings. The maximum Gasteiger partial charge on any atom is 0.221 e. The topological polar surface area (TPSA) is 90.0 Å². The van der Waals surface area contributed by atoms with Gasteiger partial charge in [0.15, 0.2) is 0 Å². The smallest absolute Gasteiger partial charge is 0.221 e. The van der Waals surface area contributed by atoms with Crippen molar-refractivity contribution in [2.24, 2.45) is 12.8 Å². The Kier molecular flexibility index (Phi) is 4.61. The lowest BCUT2D eigenvalue weighted by atomic mass is 10.3. The van der Waals surface area contributed by atoms with Crippen molar-refractivity contribution in [3.05, 3.63) is 18.2 Å². The minimum absolute atomic E-state index is 0.0140. The molecule has 96 valence electrons. The molecule has 3 N–H and O–H groups in total. The molecule has 1 aromatic heterocycles. The van der Waals surface area contributed by atoms with Gasteiger partial charge in [0.05, 0.1) is 11.5 Å². The van der Waals surface area contributed by atoms with Crippen molar-refractivity contribution in [1.29, 1.82) is 0 Å². The Hall–Kier alpha value is -0.990. The number of sulfonamides is 1. The number of aromatic nitrogens is 2. The van der Waals surface area contributed by atoms with E-state index in [4.69, 9.17) is 18.0 Å². The largest absolute Gasteiger partial charge is 0.392 e. The van der Waals surface area contributed by atoms with Gasteiger partial charge in [-0.1, -0.05) is 19.1 Å². The van der Waals surface area contributed by atoms with Gasteiger partial charge in [0, 0.05) is 19.4 Å². The molecule has 0 bridgehead atoms. The third kappa shape index (κ3) is 3.48. The van der Waals surface area contributed by atoms with Crippen LogP contribution < -0.4 is 10.5 Å². The minimum Gasteiger partial charge on any atom is -0.392 e. The standard InChI is InChI=1S/C9H16N4O2S2/c1-3-7(9(10)16)17(14,15)12-6-8-11-4-5-13(8)2/h4-5,7,12H,3,6H2,1-2H3,(H2,10,16). The van der Waals surface area contributed by atoms with Gasteiger partial charge in [-0.25, -0.2) is 18.1 Å². The van der Waals surface area contributed by atoms with Crippen molar-refractivity contribution in [1.82, 2.24) is 14.3 Å². The van der Waals surface area contributed by atoms with Crippen LogP contribution in [0.3, 0.4) is 0 Å². The Morgan fingerprint density at radius 2 is 2.35 bits per heavy atom. The molecule has 0 fully saturated rings. The zero-order chi connectivity index (χ0) is 13.1. The van der Waals surface area contributed by atoms with Crippen LogP contribution in [0.4, 0.5) is 0 Å². The molecule has 0 amide bonds. The second-order valence-electron chi connectivity index (χ2n) is 3.62. The number of hydrogen-bond acceptors (Lipinski definition) is 4. The van der Waals surface area contributed by atoms with Crippen LogP contribution in [0, 0.1) is 0 Å². The summed E-state index contributed by atoms with van der Waals surface area (Å²) in [5.41, 5.74) is 5.40. The van der Waals surface area contributed by atoms with Crippen molar-refractivity contribution >= 4 is 27.2 Å². The number of nitrogens with two attached hydrogens (primary N) is 1. The first-order valence-corrected chi connectivity index (χ1v) is 7.08. The minimum atomic E-state index is -3.53. The van der Waals surface area contributed by atoms with E-state index in [2.05, 4.69) is 9.71 Å². The van der Waals surface area contributed by atoms with E-state index in [1.54, 1.807) is 30.9 Å². The lowest BCUT2D eigenvalue weighted by molar-refractivity contribution is 0.570. The molecule has 0 aliphatic rings. The first kappa shape index (κ1) is 14.1. The highest BCUT2D eigenvalue weighted by molar-refractivity contribution is 7.93. The average molecular weight is 276 g/mol. The van der Waals surface area contributed by atoms with E-state index in [1.807, 2.05) is 0 Å². The monoisotopic (exact) mass is 276 g/mol. The molecular weight excluding hydrogens is 260 g/mol. The third-order valence-electron chi connectivity index (χ3n) is 2.42. The lowest BCUT2D eigenvalue weighted by Crippen LogP contribution is -2.41. The Morgan fingerprint density at radius 1 is 1.71 bits per heavy atom. The van der Waals surface area contributed by atoms with Crippen LogP contribution in [0.1, 0.15) is 19.2 Å². The van der Waals surface area contributed by atoms with Gasteiger partial charge < -0.3 is 10.3 Å². The van der Waals surface area contributed by atoms with Gasteiger partial charge in [-0.15, -0.1) is 0 Å². The quantitative estimate of drug-likeness (QED) is 0.708. The third-order valence-corrected chi connectivity index (χ3v) is 4.73. The van der Waals surface area contributed by atoms with E-state index in [1.165, 1.54) is 0 Å². The van der Waals surface area contributed by atoms with E-state index in [9.17, 15) is 8.42 Å². The van der Waals surface area contributed by atoms with Crippen LogP contribution in [0.2, 0.25) is 0 Å². The van der Waals surface area contributed by atoms with Crippen LogP contribution in [0.5, 0.6) is 0 Å². The number of imidazole rings is 1. The molecule has 0 aromatic carbocycles. The van der Waals surface area contributed by atoms with Crippen LogP contribution in [-0.4, -0.2) is 28.2 Å². The van der Waals surface area contributed by atoms with E-state index < -0.39 is 15.3 Å². The molecule has 8 heteroatoms. The van der Waals surface area contributed by atoms with Gasteiger partial charge in [-0.05, 0) is 6.42 Å². The highest BCUT2D eigenvalue weighted by Crippen LogP contribution is 2.06. The van der Waals surface area contributed by atoms with E-state index in [0.29, 0.717) is 12.2 Å². The number of hydrogen-bond donors (Lipinski definition) is 2. The van der Waals surface area contributed by atoms with Crippen LogP contribution in [-0.2, 0) is 23.6 Å². The summed E-state index contributed by atoms with van der Waals surface area (Å²) in [6.07, 6.45) is 3.70. The summed E-state index contributed by atoms with van der Waals surface area (Å²) in [5, 5.41) is -0.835. The molecule has 1 rings (SSSR count). The fourth-order valence-corrected chi connectivity index (χ4v) is 3.23. The normalized spacial score (nSPS) is 13.5. The zero-order valence-corrected chi connectivity index (χ0v) is 11.4. The van der Waals surface area contributed by atoms with E-state index in [-0.39, 0.29) is 11.5 Å². The first-order chi connectivity index (χ1) is 7.88. The zero-order valence-electron chi connectivity index (χ0n) is 9.75. The second kappa shape index (κ2) is 5.56. The molecule has 0 aliphatic heterocycles. The highest BCUT2D eigenvalue weighted by atomic mass is 32.2. The van der Waals surface area contributed by atoms with Crippen molar-refractivity contribution in [2.45, 2.75) is 25.1 Å².